The van der Waals surface area contributed by atoms with E-state index < -0.39 is 0 Å². The van der Waals surface area contributed by atoms with Crippen molar-refractivity contribution in [1.82, 2.24) is 9.97 Å². The number of nitrogens with one attached hydrogen (secondary N) is 1. The van der Waals surface area contributed by atoms with Crippen LogP contribution in [0.2, 0.25) is 0 Å². The molecule has 0 aliphatic heterocycles. The van der Waals surface area contributed by atoms with Crippen molar-refractivity contribution < 1.29 is 4.42 Å². The van der Waals surface area contributed by atoms with Crippen molar-refractivity contribution >= 4 is 17.6 Å². The summed E-state index contributed by atoms with van der Waals surface area (Å²) in [5.41, 5.74) is 7.75. The molecule has 0 spiro atoms. The van der Waals surface area contributed by atoms with E-state index in [4.69, 9.17) is 15.6 Å². The highest BCUT2D eigenvalue weighted by atomic mass is 32.2. The lowest BCUT2D eigenvalue weighted by molar-refractivity contribution is 0.454. The number of pyridine rings is 1. The molecule has 2 aromatic rings. The SMILES string of the molecule is Cc1cc(C(=N)N)cc(Sc2nc(C)co2)n1. The van der Waals surface area contributed by atoms with E-state index in [1.165, 1.54) is 11.8 Å². The van der Waals surface area contributed by atoms with Gasteiger partial charge in [-0.25, -0.2) is 9.97 Å². The van der Waals surface area contributed by atoms with Gasteiger partial charge in [0.1, 0.15) is 17.1 Å². The zero-order valence-corrected chi connectivity index (χ0v) is 10.3. The van der Waals surface area contributed by atoms with Gasteiger partial charge in [0, 0.05) is 11.3 Å². The molecule has 0 amide bonds. The standard InChI is InChI=1S/C11H12N4OS/c1-6-3-8(10(12)13)4-9(14-6)17-11-15-7(2)5-16-11/h3-5H,1-2H3,(H3,12,13). The first-order valence-electron chi connectivity index (χ1n) is 4.97. The Hall–Kier alpha value is -1.82. The molecule has 0 atom stereocenters. The van der Waals surface area contributed by atoms with Crippen molar-refractivity contribution in [3.8, 4) is 0 Å². The molecule has 0 aromatic carbocycles. The summed E-state index contributed by atoms with van der Waals surface area (Å²) >= 11 is 1.31. The van der Waals surface area contributed by atoms with Gasteiger partial charge in [0.05, 0.1) is 5.69 Å². The van der Waals surface area contributed by atoms with Gasteiger partial charge in [-0.2, -0.15) is 0 Å². The van der Waals surface area contributed by atoms with Gasteiger partial charge in [-0.05, 0) is 37.7 Å². The van der Waals surface area contributed by atoms with Crippen molar-refractivity contribution in [2.24, 2.45) is 5.73 Å². The van der Waals surface area contributed by atoms with Crippen LogP contribution in [-0.2, 0) is 0 Å². The Kier molecular flexibility index (Phi) is 3.14. The molecular formula is C11H12N4OS. The minimum absolute atomic E-state index is 0.0286. The lowest BCUT2D eigenvalue weighted by atomic mass is 10.2. The molecular weight excluding hydrogens is 236 g/mol. The second-order valence-electron chi connectivity index (χ2n) is 3.61. The van der Waals surface area contributed by atoms with Crippen LogP contribution in [0.5, 0.6) is 0 Å². The molecule has 0 aliphatic carbocycles. The van der Waals surface area contributed by atoms with E-state index in [1.54, 1.807) is 18.4 Å². The second kappa shape index (κ2) is 4.58. The van der Waals surface area contributed by atoms with Crippen LogP contribution in [0.25, 0.3) is 0 Å². The number of aromatic nitrogens is 2. The highest BCUT2D eigenvalue weighted by Gasteiger charge is 2.08. The minimum Gasteiger partial charge on any atom is -0.439 e. The summed E-state index contributed by atoms with van der Waals surface area (Å²) in [5, 5.41) is 8.67. The Balaban J connectivity index is 2.29. The average Bonchev–Trinajstić information content (AvgIpc) is 2.63. The Morgan fingerprint density at radius 3 is 2.65 bits per heavy atom. The average molecular weight is 248 g/mol. The lowest BCUT2D eigenvalue weighted by Gasteiger charge is -2.03. The first-order chi connectivity index (χ1) is 8.04. The molecule has 0 fully saturated rings. The molecule has 2 rings (SSSR count). The summed E-state index contributed by atoms with van der Waals surface area (Å²) in [6.07, 6.45) is 1.59. The predicted molar refractivity (Wildman–Crippen MR) is 65.4 cm³/mol. The molecule has 2 heterocycles. The summed E-state index contributed by atoms with van der Waals surface area (Å²) < 4.78 is 5.24. The predicted octanol–water partition coefficient (Wildman–Crippen LogP) is 2.12. The Labute approximate surface area is 103 Å². The number of rotatable bonds is 3. The van der Waals surface area contributed by atoms with Crippen LogP contribution in [0.4, 0.5) is 0 Å². The summed E-state index contributed by atoms with van der Waals surface area (Å²) in [5.74, 6) is 0.0286. The zero-order valence-electron chi connectivity index (χ0n) is 9.52. The summed E-state index contributed by atoms with van der Waals surface area (Å²) in [7, 11) is 0. The largest absolute Gasteiger partial charge is 0.439 e. The lowest BCUT2D eigenvalue weighted by Crippen LogP contribution is -2.11. The van der Waals surface area contributed by atoms with E-state index in [9.17, 15) is 0 Å². The molecule has 0 unspecified atom stereocenters. The van der Waals surface area contributed by atoms with E-state index >= 15 is 0 Å². The number of hydrogen-bond acceptors (Lipinski definition) is 5. The van der Waals surface area contributed by atoms with Crippen LogP contribution in [0.1, 0.15) is 17.0 Å². The third kappa shape index (κ3) is 2.85. The Morgan fingerprint density at radius 2 is 2.06 bits per heavy atom. The van der Waals surface area contributed by atoms with Crippen molar-refractivity contribution in [2.45, 2.75) is 24.1 Å². The maximum absolute atomic E-state index is 7.41. The van der Waals surface area contributed by atoms with Gasteiger partial charge in [0.2, 0.25) is 0 Å². The number of nitrogens with zero attached hydrogens (tertiary/aromatic N) is 2. The van der Waals surface area contributed by atoms with Gasteiger partial charge in [-0.15, -0.1) is 0 Å². The van der Waals surface area contributed by atoms with Crippen LogP contribution >= 0.6 is 11.8 Å². The number of amidine groups is 1. The topological polar surface area (TPSA) is 88.8 Å². The molecule has 3 N–H and O–H groups in total. The number of hydrogen-bond donors (Lipinski definition) is 2. The van der Waals surface area contributed by atoms with Crippen molar-refractivity contribution in [1.29, 1.82) is 5.41 Å². The molecule has 5 nitrogen and oxygen atoms in total. The van der Waals surface area contributed by atoms with Crippen molar-refractivity contribution in [2.75, 3.05) is 0 Å². The third-order valence-corrected chi connectivity index (χ3v) is 2.81. The van der Waals surface area contributed by atoms with Gasteiger partial charge < -0.3 is 10.2 Å². The van der Waals surface area contributed by atoms with Gasteiger partial charge in [0.25, 0.3) is 5.22 Å². The number of aryl methyl sites for hydroxylation is 2. The van der Waals surface area contributed by atoms with Gasteiger partial charge in [-0.1, -0.05) is 0 Å². The summed E-state index contributed by atoms with van der Waals surface area (Å²) in [6.45, 7) is 3.72. The molecule has 0 aliphatic rings. The normalized spacial score (nSPS) is 10.5. The monoisotopic (exact) mass is 248 g/mol. The van der Waals surface area contributed by atoms with E-state index in [1.807, 2.05) is 13.8 Å². The molecule has 0 bridgehead atoms. The van der Waals surface area contributed by atoms with Crippen LogP contribution < -0.4 is 5.73 Å². The van der Waals surface area contributed by atoms with E-state index in [-0.39, 0.29) is 5.84 Å². The van der Waals surface area contributed by atoms with Gasteiger partial charge in [0.15, 0.2) is 0 Å². The number of nitrogens with two attached hydrogens (primary N) is 1. The summed E-state index contributed by atoms with van der Waals surface area (Å²) in [6, 6.07) is 3.52. The van der Waals surface area contributed by atoms with Crippen LogP contribution in [-0.4, -0.2) is 15.8 Å². The molecule has 0 radical (unpaired) electrons. The van der Waals surface area contributed by atoms with E-state index in [0.717, 1.165) is 16.4 Å². The van der Waals surface area contributed by atoms with Gasteiger partial charge >= 0.3 is 0 Å². The van der Waals surface area contributed by atoms with Crippen molar-refractivity contribution in [3.63, 3.8) is 0 Å². The first-order valence-corrected chi connectivity index (χ1v) is 5.79. The maximum atomic E-state index is 7.41. The second-order valence-corrected chi connectivity index (χ2v) is 4.58. The molecule has 0 saturated heterocycles. The molecule has 0 saturated carbocycles. The molecule has 2 aromatic heterocycles. The third-order valence-electron chi connectivity index (χ3n) is 2.03. The Bertz CT molecular complexity index is 564. The smallest absolute Gasteiger partial charge is 0.262 e. The molecule has 88 valence electrons. The first kappa shape index (κ1) is 11.7. The molecule has 6 heteroatoms. The maximum Gasteiger partial charge on any atom is 0.262 e. The summed E-state index contributed by atoms with van der Waals surface area (Å²) in [4.78, 5) is 8.51. The quantitative estimate of drug-likeness (QED) is 0.641. The van der Waals surface area contributed by atoms with Gasteiger partial charge in [-0.3, -0.25) is 5.41 Å². The van der Waals surface area contributed by atoms with Crippen LogP contribution in [0.15, 0.2) is 33.1 Å². The van der Waals surface area contributed by atoms with Crippen molar-refractivity contribution in [3.05, 3.63) is 35.3 Å². The Morgan fingerprint density at radius 1 is 1.29 bits per heavy atom. The highest BCUT2D eigenvalue weighted by molar-refractivity contribution is 7.99. The fraction of sp³-hybridized carbons (Fsp3) is 0.182. The van der Waals surface area contributed by atoms with E-state index in [0.29, 0.717) is 10.8 Å². The molecule has 17 heavy (non-hydrogen) atoms. The highest BCUT2D eigenvalue weighted by Crippen LogP contribution is 2.26. The zero-order chi connectivity index (χ0) is 12.4. The number of oxazole rings is 1. The van der Waals surface area contributed by atoms with Crippen LogP contribution in [0.3, 0.4) is 0 Å². The minimum atomic E-state index is 0.0286. The fourth-order valence-corrected chi connectivity index (χ4v) is 2.15. The van der Waals surface area contributed by atoms with Crippen LogP contribution in [0, 0.1) is 19.3 Å². The number of nitrogen functional groups attached to an aromatic ring is 1. The van der Waals surface area contributed by atoms with E-state index in [2.05, 4.69) is 9.97 Å². The fourth-order valence-electron chi connectivity index (χ4n) is 1.31.